The van der Waals surface area contributed by atoms with E-state index in [2.05, 4.69) is 42.5 Å². The van der Waals surface area contributed by atoms with Crippen molar-refractivity contribution in [1.82, 2.24) is 30.4 Å². The highest BCUT2D eigenvalue weighted by Gasteiger charge is 2.45. The molecule has 15 nitrogen and oxygen atoms in total. The molecule has 0 spiro atoms. The molecule has 2 aliphatic heterocycles. The summed E-state index contributed by atoms with van der Waals surface area (Å²) in [6.07, 6.45) is 5.87. The zero-order chi connectivity index (χ0) is 58.7. The average molecular weight is 1150 g/mol. The number of ether oxygens (including phenoxy) is 1. The number of carbonyl (C=O) groups is 5. The van der Waals surface area contributed by atoms with E-state index in [0.29, 0.717) is 56.6 Å². The summed E-state index contributed by atoms with van der Waals surface area (Å²) in [5, 5.41) is 20.7. The van der Waals surface area contributed by atoms with Gasteiger partial charge in [-0.15, -0.1) is 24.5 Å². The van der Waals surface area contributed by atoms with Gasteiger partial charge in [-0.3, -0.25) is 24.0 Å². The Balaban J connectivity index is 0.703. The van der Waals surface area contributed by atoms with E-state index in [1.807, 2.05) is 94.7 Å². The molecular formula is C63H77F3N8O7S. The maximum absolute atomic E-state index is 14.1. The Bertz CT molecular complexity index is 3210. The summed E-state index contributed by atoms with van der Waals surface area (Å²) >= 11 is 1.58. The Kier molecular flexibility index (Phi) is 20.2. The van der Waals surface area contributed by atoms with E-state index in [9.17, 15) is 42.3 Å². The van der Waals surface area contributed by atoms with Crippen molar-refractivity contribution in [2.24, 2.45) is 5.41 Å². The number of nitrogens with one attached hydrogen (secondary N) is 3. The number of nitrogen functional groups attached to an aromatic ring is 1. The molecule has 0 radical (unpaired) electrons. The van der Waals surface area contributed by atoms with E-state index in [4.69, 9.17) is 5.73 Å². The molecule has 438 valence electrons. The van der Waals surface area contributed by atoms with Gasteiger partial charge in [-0.2, -0.15) is 0 Å². The quantitative estimate of drug-likeness (QED) is 0.0273. The number of halogens is 3. The number of unbranched alkanes of at least 4 members (excludes halogenated alkanes) is 7. The SMILES string of the molecule is Cc1ncsc1-c1ccc([C@H](C)NC(=O)[C@H]2C[C@H](O)CN2C(=O)[C@@H](NC(=O)CCCCCCCCCCC(=O)NCCCn2cc(-c3ccc4c(c3)CCN4C(=O)Cc3cccc(OC(F)(F)F)c3)c3c(N)cccc32)C(C)(C)C)cc1. The van der Waals surface area contributed by atoms with Crippen molar-refractivity contribution in [2.75, 3.05) is 30.3 Å². The summed E-state index contributed by atoms with van der Waals surface area (Å²) in [6, 6.07) is 23.1. The van der Waals surface area contributed by atoms with Gasteiger partial charge >= 0.3 is 6.36 Å². The maximum Gasteiger partial charge on any atom is 0.573 e. The lowest BCUT2D eigenvalue weighted by molar-refractivity contribution is -0.274. The van der Waals surface area contributed by atoms with E-state index < -0.39 is 30.0 Å². The standard InChI is InChI=1S/C63H77F3N8O7S/c1-40(43-23-25-44(26-24-43)58-41(2)69-39-82-58)70-60(79)53-36-47(75)37-74(53)61(80)59(62(3,4)5)71-55(77)22-13-11-9-7-6-8-10-12-21-54(76)68-30-16-31-72-38-49(57-50(67)19-15-20-52(57)72)45-27-28-51-46(35-45)29-32-73(51)56(78)34-42-17-14-18-48(33-42)81-63(64,65)66/h14-15,17-20,23-28,33,35,38-40,47,53,59,75H,6-13,16,21-22,29-32,34,36-37,67H2,1-5H3,(H,68,76)(H,70,79)(H,71,77)/t40-,47-,53+,59+/m0/s1. The van der Waals surface area contributed by atoms with Gasteiger partial charge in [0.25, 0.3) is 0 Å². The number of β-amino-alcohol motifs (C(OH)–C–C–N with tert-alkyl or cyclic N) is 1. The molecule has 4 aromatic carbocycles. The van der Waals surface area contributed by atoms with Crippen LogP contribution in [0.5, 0.6) is 5.75 Å². The van der Waals surface area contributed by atoms with Crippen LogP contribution in [-0.2, 0) is 43.4 Å². The van der Waals surface area contributed by atoms with Gasteiger partial charge in [0.2, 0.25) is 29.5 Å². The molecule has 2 aromatic heterocycles. The molecule has 6 N–H and O–H groups in total. The van der Waals surface area contributed by atoms with Crippen LogP contribution in [0.4, 0.5) is 24.5 Å². The number of hydrogen-bond donors (Lipinski definition) is 5. The first-order valence-electron chi connectivity index (χ1n) is 28.6. The maximum atomic E-state index is 14.1. The molecule has 8 rings (SSSR count). The van der Waals surface area contributed by atoms with Crippen molar-refractivity contribution in [3.8, 4) is 27.3 Å². The van der Waals surface area contributed by atoms with E-state index in [1.165, 1.54) is 23.1 Å². The van der Waals surface area contributed by atoms with Crippen LogP contribution in [0.15, 0.2) is 96.6 Å². The lowest BCUT2D eigenvalue weighted by Gasteiger charge is -2.35. The topological polar surface area (TPSA) is 201 Å². The number of alkyl halides is 3. The zero-order valence-corrected chi connectivity index (χ0v) is 48.4. The highest BCUT2D eigenvalue weighted by molar-refractivity contribution is 7.13. The Labute approximate surface area is 482 Å². The number of rotatable bonds is 25. The number of aryl methyl sites for hydroxylation is 2. The van der Waals surface area contributed by atoms with Crippen LogP contribution in [0.1, 0.15) is 133 Å². The summed E-state index contributed by atoms with van der Waals surface area (Å²) in [5.41, 5.74) is 16.4. The van der Waals surface area contributed by atoms with Crippen LogP contribution >= 0.6 is 11.3 Å². The lowest BCUT2D eigenvalue weighted by Crippen LogP contribution is -2.57. The van der Waals surface area contributed by atoms with Gasteiger partial charge in [-0.1, -0.05) is 108 Å². The van der Waals surface area contributed by atoms with Gasteiger partial charge in [0, 0.05) is 74.0 Å². The molecule has 6 aromatic rings. The Hall–Kier alpha value is -7.25. The van der Waals surface area contributed by atoms with Crippen LogP contribution in [0.25, 0.3) is 32.5 Å². The second kappa shape index (κ2) is 27.2. The van der Waals surface area contributed by atoms with Crippen molar-refractivity contribution in [1.29, 1.82) is 0 Å². The monoisotopic (exact) mass is 1150 g/mol. The third-order valence-electron chi connectivity index (χ3n) is 15.5. The van der Waals surface area contributed by atoms with Crippen LogP contribution in [0.3, 0.4) is 0 Å². The highest BCUT2D eigenvalue weighted by Crippen LogP contribution is 2.39. The fraction of sp³-hybridized carbons (Fsp3) is 0.460. The number of amides is 5. The number of hydrogen-bond acceptors (Lipinski definition) is 10. The predicted molar refractivity (Wildman–Crippen MR) is 315 cm³/mol. The third kappa shape index (κ3) is 15.8. The van der Waals surface area contributed by atoms with E-state index in [-0.39, 0.29) is 67.1 Å². The molecule has 0 saturated carbocycles. The number of carbonyl (C=O) groups excluding carboxylic acids is 5. The van der Waals surface area contributed by atoms with Crippen LogP contribution in [0, 0.1) is 12.3 Å². The second-order valence-electron chi connectivity index (χ2n) is 22.9. The number of thiazole rings is 1. The van der Waals surface area contributed by atoms with Crippen LogP contribution in [-0.4, -0.2) is 93.3 Å². The first kappa shape index (κ1) is 60.8. The van der Waals surface area contributed by atoms with E-state index >= 15 is 0 Å². The fourth-order valence-corrected chi connectivity index (χ4v) is 12.0. The molecule has 1 saturated heterocycles. The molecule has 1 fully saturated rings. The Morgan fingerprint density at radius 1 is 0.841 bits per heavy atom. The molecular weight excluding hydrogens is 1070 g/mol. The minimum Gasteiger partial charge on any atom is -0.406 e. The second-order valence-corrected chi connectivity index (χ2v) is 23.8. The molecule has 2 aliphatic rings. The number of aliphatic hydroxyl groups excluding tert-OH is 1. The number of nitrogens with zero attached hydrogens (tertiary/aromatic N) is 4. The number of aromatic nitrogens is 2. The summed E-state index contributed by atoms with van der Waals surface area (Å²) in [6.45, 7) is 11.2. The van der Waals surface area contributed by atoms with E-state index in [1.54, 1.807) is 22.3 Å². The van der Waals surface area contributed by atoms with Crippen LogP contribution < -0.4 is 31.3 Å². The van der Waals surface area contributed by atoms with Crippen molar-refractivity contribution in [3.05, 3.63) is 119 Å². The van der Waals surface area contributed by atoms with Crippen molar-refractivity contribution >= 4 is 63.2 Å². The molecule has 0 bridgehead atoms. The van der Waals surface area contributed by atoms with Gasteiger partial charge in [-0.05, 0) is 109 Å². The van der Waals surface area contributed by atoms with Gasteiger partial charge in [0.15, 0.2) is 0 Å². The number of fused-ring (bicyclic) bond motifs is 2. The first-order valence-corrected chi connectivity index (χ1v) is 29.5. The summed E-state index contributed by atoms with van der Waals surface area (Å²) in [4.78, 5) is 75.8. The predicted octanol–water partition coefficient (Wildman–Crippen LogP) is 11.1. The summed E-state index contributed by atoms with van der Waals surface area (Å²) in [5.74, 6) is -1.51. The number of likely N-dealkylation sites (tertiary alicyclic amines) is 1. The average Bonchev–Trinajstić information content (AvgIpc) is 4.41. The van der Waals surface area contributed by atoms with Gasteiger partial charge in [0.1, 0.15) is 17.8 Å². The molecule has 82 heavy (non-hydrogen) atoms. The Morgan fingerprint density at radius 3 is 2.21 bits per heavy atom. The van der Waals surface area contributed by atoms with Crippen molar-refractivity contribution in [2.45, 2.75) is 162 Å². The molecule has 4 heterocycles. The van der Waals surface area contributed by atoms with Crippen LogP contribution in [0.2, 0.25) is 0 Å². The largest absolute Gasteiger partial charge is 0.573 e. The molecule has 19 heteroatoms. The minimum absolute atomic E-state index is 0.00911. The number of anilines is 2. The first-order chi connectivity index (χ1) is 39.1. The lowest BCUT2D eigenvalue weighted by atomic mass is 9.85. The number of nitrogens with two attached hydrogens (primary N) is 1. The molecule has 5 amide bonds. The third-order valence-corrected chi connectivity index (χ3v) is 16.5. The summed E-state index contributed by atoms with van der Waals surface area (Å²) in [7, 11) is 0. The van der Waals surface area contributed by atoms with Gasteiger partial charge in [0.05, 0.1) is 40.2 Å². The van der Waals surface area contributed by atoms with Crippen molar-refractivity contribution in [3.63, 3.8) is 0 Å². The highest BCUT2D eigenvalue weighted by atomic mass is 32.1. The minimum atomic E-state index is -4.82. The van der Waals surface area contributed by atoms with Gasteiger partial charge < -0.3 is 45.9 Å². The zero-order valence-electron chi connectivity index (χ0n) is 47.6. The molecule has 0 unspecified atom stereocenters. The van der Waals surface area contributed by atoms with E-state index in [0.717, 1.165) is 99.9 Å². The normalized spacial score (nSPS) is 16.0. The Morgan fingerprint density at radius 2 is 1.52 bits per heavy atom. The fourth-order valence-electron chi connectivity index (χ4n) is 11.2. The number of aliphatic hydroxyl groups is 1. The molecule has 0 aliphatic carbocycles. The van der Waals surface area contributed by atoms with Crippen molar-refractivity contribution < 1.29 is 47.0 Å². The van der Waals surface area contributed by atoms with Gasteiger partial charge in [-0.25, -0.2) is 4.98 Å². The number of benzene rings is 4. The summed E-state index contributed by atoms with van der Waals surface area (Å²) < 4.78 is 44.6. The smallest absolute Gasteiger partial charge is 0.406 e. The molecule has 4 atom stereocenters.